The molecule has 1 aromatic heterocycles. The van der Waals surface area contributed by atoms with E-state index in [0.717, 1.165) is 51.6 Å². The van der Waals surface area contributed by atoms with Crippen molar-refractivity contribution < 1.29 is 4.74 Å². The van der Waals surface area contributed by atoms with Crippen LogP contribution in [0.4, 0.5) is 5.82 Å². The van der Waals surface area contributed by atoms with Gasteiger partial charge in [0.1, 0.15) is 5.82 Å². The van der Waals surface area contributed by atoms with Gasteiger partial charge in [0, 0.05) is 25.3 Å². The molecule has 0 radical (unpaired) electrons. The van der Waals surface area contributed by atoms with E-state index >= 15 is 0 Å². The number of nitrogens with one attached hydrogen (secondary N) is 1. The molecule has 4 nitrogen and oxygen atoms in total. The topological polar surface area (TPSA) is 37.4 Å². The molecular formula is C15H23N3O. The lowest BCUT2D eigenvalue weighted by Crippen LogP contribution is -2.37. The summed E-state index contributed by atoms with van der Waals surface area (Å²) in [7, 11) is 0. The minimum atomic E-state index is 0.889. The van der Waals surface area contributed by atoms with Crippen molar-refractivity contribution in [2.75, 3.05) is 44.7 Å². The number of ether oxygens (including phenoxy) is 1. The van der Waals surface area contributed by atoms with Gasteiger partial charge < -0.3 is 10.1 Å². The van der Waals surface area contributed by atoms with Crippen LogP contribution in [0.25, 0.3) is 0 Å². The lowest BCUT2D eigenvalue weighted by molar-refractivity contribution is 0.0378. The second-order valence-electron chi connectivity index (χ2n) is 5.39. The summed E-state index contributed by atoms with van der Waals surface area (Å²) in [6, 6.07) is 4.36. The first-order chi connectivity index (χ1) is 9.42. The molecule has 1 fully saturated rings. The minimum absolute atomic E-state index is 0.889. The maximum atomic E-state index is 5.35. The van der Waals surface area contributed by atoms with E-state index in [2.05, 4.69) is 22.3 Å². The number of rotatable bonds is 5. The van der Waals surface area contributed by atoms with Gasteiger partial charge in [0.05, 0.1) is 13.2 Å². The van der Waals surface area contributed by atoms with Gasteiger partial charge in [0.15, 0.2) is 0 Å². The highest BCUT2D eigenvalue weighted by Gasteiger charge is 2.12. The van der Waals surface area contributed by atoms with Gasteiger partial charge in [-0.15, -0.1) is 0 Å². The molecule has 104 valence electrons. The zero-order chi connectivity index (χ0) is 12.9. The van der Waals surface area contributed by atoms with Gasteiger partial charge in [-0.05, 0) is 43.9 Å². The highest BCUT2D eigenvalue weighted by atomic mass is 16.5. The maximum absolute atomic E-state index is 5.35. The SMILES string of the molecule is c1cc2c(nc1NCCCN1CCOCC1)CCC2. The number of morpholine rings is 1. The van der Waals surface area contributed by atoms with Gasteiger partial charge in [0.2, 0.25) is 0 Å². The molecule has 2 heterocycles. The van der Waals surface area contributed by atoms with Crippen molar-refractivity contribution in [2.24, 2.45) is 0 Å². The van der Waals surface area contributed by atoms with E-state index in [4.69, 9.17) is 9.72 Å². The second-order valence-corrected chi connectivity index (χ2v) is 5.39. The smallest absolute Gasteiger partial charge is 0.126 e. The molecular weight excluding hydrogens is 238 g/mol. The van der Waals surface area contributed by atoms with Gasteiger partial charge in [-0.2, -0.15) is 0 Å². The van der Waals surface area contributed by atoms with Crippen LogP contribution < -0.4 is 5.32 Å². The van der Waals surface area contributed by atoms with Crippen molar-refractivity contribution >= 4 is 5.82 Å². The lowest BCUT2D eigenvalue weighted by Gasteiger charge is -2.26. The van der Waals surface area contributed by atoms with E-state index in [1.807, 2.05) is 0 Å². The molecule has 0 bridgehead atoms. The average molecular weight is 261 g/mol. The van der Waals surface area contributed by atoms with Crippen molar-refractivity contribution in [1.82, 2.24) is 9.88 Å². The summed E-state index contributed by atoms with van der Waals surface area (Å²) in [5.74, 6) is 1.04. The summed E-state index contributed by atoms with van der Waals surface area (Å²) in [5.41, 5.74) is 2.75. The zero-order valence-electron chi connectivity index (χ0n) is 11.5. The predicted molar refractivity (Wildman–Crippen MR) is 76.6 cm³/mol. The first kappa shape index (κ1) is 12.9. The van der Waals surface area contributed by atoms with E-state index in [1.165, 1.54) is 30.5 Å². The lowest BCUT2D eigenvalue weighted by atomic mass is 10.2. The van der Waals surface area contributed by atoms with E-state index < -0.39 is 0 Å². The van der Waals surface area contributed by atoms with Gasteiger partial charge in [-0.3, -0.25) is 4.90 Å². The fourth-order valence-electron chi connectivity index (χ4n) is 2.86. The van der Waals surface area contributed by atoms with Crippen LogP contribution in [0.15, 0.2) is 12.1 Å². The van der Waals surface area contributed by atoms with Crippen LogP contribution in [0.5, 0.6) is 0 Å². The van der Waals surface area contributed by atoms with E-state index in [0.29, 0.717) is 0 Å². The third-order valence-electron chi connectivity index (χ3n) is 3.99. The van der Waals surface area contributed by atoms with Crippen LogP contribution in [-0.2, 0) is 17.6 Å². The zero-order valence-corrected chi connectivity index (χ0v) is 11.5. The highest BCUT2D eigenvalue weighted by molar-refractivity contribution is 5.40. The Labute approximate surface area is 115 Å². The Morgan fingerprint density at radius 3 is 3.00 bits per heavy atom. The first-order valence-corrected chi connectivity index (χ1v) is 7.44. The molecule has 2 aliphatic rings. The Balaban J connectivity index is 1.40. The summed E-state index contributed by atoms with van der Waals surface area (Å²) in [4.78, 5) is 7.17. The average Bonchev–Trinajstić information content (AvgIpc) is 2.92. The molecule has 1 N–H and O–H groups in total. The van der Waals surface area contributed by atoms with Gasteiger partial charge in [-0.25, -0.2) is 4.98 Å². The quantitative estimate of drug-likeness (QED) is 0.819. The largest absolute Gasteiger partial charge is 0.379 e. The third kappa shape index (κ3) is 3.45. The first-order valence-electron chi connectivity index (χ1n) is 7.44. The third-order valence-corrected chi connectivity index (χ3v) is 3.99. The monoisotopic (exact) mass is 261 g/mol. The van der Waals surface area contributed by atoms with Gasteiger partial charge in [0.25, 0.3) is 0 Å². The highest BCUT2D eigenvalue weighted by Crippen LogP contribution is 2.21. The Morgan fingerprint density at radius 2 is 2.11 bits per heavy atom. The molecule has 1 aliphatic carbocycles. The van der Waals surface area contributed by atoms with Gasteiger partial charge in [-0.1, -0.05) is 6.07 Å². The Morgan fingerprint density at radius 1 is 1.21 bits per heavy atom. The fourth-order valence-corrected chi connectivity index (χ4v) is 2.86. The van der Waals surface area contributed by atoms with E-state index in [9.17, 15) is 0 Å². The Bertz CT molecular complexity index is 416. The number of hydrogen-bond acceptors (Lipinski definition) is 4. The van der Waals surface area contributed by atoms with Crippen molar-refractivity contribution in [3.8, 4) is 0 Å². The summed E-state index contributed by atoms with van der Waals surface area (Å²) in [6.45, 7) is 6.10. The fraction of sp³-hybridized carbons (Fsp3) is 0.667. The molecule has 0 unspecified atom stereocenters. The van der Waals surface area contributed by atoms with E-state index in [-0.39, 0.29) is 0 Å². The standard InChI is InChI=1S/C15H23N3O/c1-3-13-5-6-15(17-14(13)4-1)16-7-2-8-18-9-11-19-12-10-18/h5-6H,1-4,7-12H2,(H,16,17). The van der Waals surface area contributed by atoms with E-state index in [1.54, 1.807) is 0 Å². The molecule has 4 heteroatoms. The normalized spacial score (nSPS) is 19.4. The number of hydrogen-bond donors (Lipinski definition) is 1. The molecule has 1 aliphatic heterocycles. The maximum Gasteiger partial charge on any atom is 0.126 e. The van der Waals surface area contributed by atoms with Crippen LogP contribution >= 0.6 is 0 Å². The summed E-state index contributed by atoms with van der Waals surface area (Å²) in [6.07, 6.45) is 4.79. The molecule has 1 saturated heterocycles. The van der Waals surface area contributed by atoms with Crippen molar-refractivity contribution in [3.63, 3.8) is 0 Å². The number of aromatic nitrogens is 1. The van der Waals surface area contributed by atoms with Crippen LogP contribution in [0, 0.1) is 0 Å². The van der Waals surface area contributed by atoms with Crippen molar-refractivity contribution in [2.45, 2.75) is 25.7 Å². The predicted octanol–water partition coefficient (Wildman–Crippen LogP) is 1.70. The summed E-state index contributed by atoms with van der Waals surface area (Å²) < 4.78 is 5.35. The molecule has 0 aromatic carbocycles. The number of aryl methyl sites for hydroxylation is 2. The second kappa shape index (κ2) is 6.35. The van der Waals surface area contributed by atoms with Crippen LogP contribution in [0.3, 0.4) is 0 Å². The van der Waals surface area contributed by atoms with Crippen LogP contribution in [-0.4, -0.2) is 49.3 Å². The molecule has 0 amide bonds. The van der Waals surface area contributed by atoms with Gasteiger partial charge >= 0.3 is 0 Å². The minimum Gasteiger partial charge on any atom is -0.379 e. The molecule has 3 rings (SSSR count). The molecule has 0 saturated carbocycles. The van der Waals surface area contributed by atoms with Crippen molar-refractivity contribution in [1.29, 1.82) is 0 Å². The van der Waals surface area contributed by atoms with Crippen LogP contribution in [0.1, 0.15) is 24.1 Å². The Hall–Kier alpha value is -1.13. The summed E-state index contributed by atoms with van der Waals surface area (Å²) >= 11 is 0. The van der Waals surface area contributed by atoms with Crippen LogP contribution in [0.2, 0.25) is 0 Å². The number of nitrogens with zero attached hydrogens (tertiary/aromatic N) is 2. The molecule has 19 heavy (non-hydrogen) atoms. The molecule has 0 atom stereocenters. The number of anilines is 1. The molecule has 0 spiro atoms. The van der Waals surface area contributed by atoms with Crippen molar-refractivity contribution in [3.05, 3.63) is 23.4 Å². The number of pyridine rings is 1. The Kier molecular flexibility index (Phi) is 4.30. The molecule has 1 aromatic rings. The number of fused-ring (bicyclic) bond motifs is 1. The summed E-state index contributed by atoms with van der Waals surface area (Å²) in [5, 5.41) is 3.44.